The molecule has 2 rings (SSSR count). The van der Waals surface area contributed by atoms with Gasteiger partial charge in [0.1, 0.15) is 0 Å². The molecule has 0 saturated heterocycles. The number of ether oxygens (including phenoxy) is 2. The van der Waals surface area contributed by atoms with Crippen LogP contribution < -0.4 is 0 Å². The number of aryl methyl sites for hydroxylation is 2. The van der Waals surface area contributed by atoms with Crippen LogP contribution in [0.15, 0.2) is 12.1 Å². The number of carboxylic acid groups (broad SMARTS) is 2. The van der Waals surface area contributed by atoms with E-state index in [0.29, 0.717) is 11.1 Å². The lowest BCUT2D eigenvalue weighted by molar-refractivity contribution is 0.0566. The molecule has 0 aromatic heterocycles. The normalized spacial score (nSPS) is 10.5. The van der Waals surface area contributed by atoms with Gasteiger partial charge in [0.15, 0.2) is 0 Å². The summed E-state index contributed by atoms with van der Waals surface area (Å²) in [5, 5.41) is 19.5. The summed E-state index contributed by atoms with van der Waals surface area (Å²) in [6, 6.07) is 3.27. The van der Waals surface area contributed by atoms with E-state index in [0.717, 1.165) is 14.2 Å². The Morgan fingerprint density at radius 3 is 1.23 bits per heavy atom. The third kappa shape index (κ3) is 2.75. The maximum Gasteiger partial charge on any atom is 0.339 e. The lowest BCUT2D eigenvalue weighted by Gasteiger charge is -2.19. The highest BCUT2D eigenvalue weighted by molar-refractivity contribution is 6.24. The summed E-state index contributed by atoms with van der Waals surface area (Å²) >= 11 is 0. The highest BCUT2D eigenvalue weighted by Crippen LogP contribution is 2.36. The topological polar surface area (TPSA) is 127 Å². The van der Waals surface area contributed by atoms with Crippen LogP contribution in [0.2, 0.25) is 0 Å². The van der Waals surface area contributed by atoms with Gasteiger partial charge >= 0.3 is 23.9 Å². The standard InChI is InChI=1S/C18H16O8/c1-7-5-6-8(2)10-9(7)13(17(23)25-3)11(15(19)20)12(16(21)22)14(10)18(24)26-4/h5-6H,1-4H3,(H,19,20)(H,21,22). The molecule has 2 N–H and O–H groups in total. The monoisotopic (exact) mass is 360 g/mol. The Bertz CT molecular complexity index is 893. The number of carbonyl (C=O) groups excluding carboxylic acids is 2. The van der Waals surface area contributed by atoms with Crippen molar-refractivity contribution < 1.29 is 38.9 Å². The van der Waals surface area contributed by atoms with Crippen LogP contribution in [0.3, 0.4) is 0 Å². The lowest BCUT2D eigenvalue weighted by atomic mass is 9.85. The first kappa shape index (κ1) is 18.9. The molecule has 0 spiro atoms. The van der Waals surface area contributed by atoms with E-state index in [1.165, 1.54) is 0 Å². The SMILES string of the molecule is COC(=O)c1c(C(=O)O)c(C(=O)O)c(C(=O)OC)c2c(C)ccc(C)c12. The molecule has 0 fully saturated rings. The number of esters is 2. The number of carbonyl (C=O) groups is 4. The van der Waals surface area contributed by atoms with Crippen LogP contribution in [0.1, 0.15) is 52.6 Å². The molecule has 26 heavy (non-hydrogen) atoms. The molecule has 0 heterocycles. The Labute approximate surface area is 147 Å². The van der Waals surface area contributed by atoms with Gasteiger partial charge in [-0.1, -0.05) is 12.1 Å². The van der Waals surface area contributed by atoms with Crippen molar-refractivity contribution in [2.24, 2.45) is 0 Å². The van der Waals surface area contributed by atoms with Gasteiger partial charge in [-0.25, -0.2) is 19.2 Å². The zero-order valence-electron chi connectivity index (χ0n) is 14.5. The van der Waals surface area contributed by atoms with E-state index in [2.05, 4.69) is 9.47 Å². The summed E-state index contributed by atoms with van der Waals surface area (Å²) in [7, 11) is 2.11. The minimum atomic E-state index is -1.67. The minimum absolute atomic E-state index is 0.139. The molecular weight excluding hydrogens is 344 g/mol. The average Bonchev–Trinajstić information content (AvgIpc) is 2.60. The van der Waals surface area contributed by atoms with Crippen molar-refractivity contribution in [2.45, 2.75) is 13.8 Å². The van der Waals surface area contributed by atoms with Gasteiger partial charge in [-0.2, -0.15) is 0 Å². The smallest absolute Gasteiger partial charge is 0.339 e. The van der Waals surface area contributed by atoms with Gasteiger partial charge in [0.2, 0.25) is 0 Å². The fraction of sp³-hybridized carbons (Fsp3) is 0.222. The van der Waals surface area contributed by atoms with Crippen molar-refractivity contribution in [1.82, 2.24) is 0 Å². The highest BCUT2D eigenvalue weighted by Gasteiger charge is 2.35. The van der Waals surface area contributed by atoms with Crippen molar-refractivity contribution in [3.05, 3.63) is 45.5 Å². The summed E-state index contributed by atoms with van der Waals surface area (Å²) in [5.41, 5.74) is -1.49. The lowest BCUT2D eigenvalue weighted by Crippen LogP contribution is -2.22. The van der Waals surface area contributed by atoms with E-state index >= 15 is 0 Å². The third-order valence-electron chi connectivity index (χ3n) is 4.08. The van der Waals surface area contributed by atoms with Crippen LogP contribution in [0.4, 0.5) is 0 Å². The fourth-order valence-corrected chi connectivity index (χ4v) is 3.00. The van der Waals surface area contributed by atoms with Crippen molar-refractivity contribution in [1.29, 1.82) is 0 Å². The van der Waals surface area contributed by atoms with E-state index in [9.17, 15) is 29.4 Å². The predicted molar refractivity (Wildman–Crippen MR) is 90.0 cm³/mol. The average molecular weight is 360 g/mol. The predicted octanol–water partition coefficient (Wildman–Crippen LogP) is 2.43. The molecule has 0 atom stereocenters. The van der Waals surface area contributed by atoms with Crippen LogP contribution in [0.5, 0.6) is 0 Å². The molecule has 8 heteroatoms. The number of hydrogen-bond donors (Lipinski definition) is 2. The van der Waals surface area contributed by atoms with Crippen LogP contribution in [-0.4, -0.2) is 48.3 Å². The largest absolute Gasteiger partial charge is 0.478 e. The second-order valence-electron chi connectivity index (χ2n) is 5.54. The zero-order chi connectivity index (χ0) is 19.8. The quantitative estimate of drug-likeness (QED) is 0.796. The molecule has 2 aromatic rings. The second kappa shape index (κ2) is 6.83. The molecule has 0 bridgehead atoms. The van der Waals surface area contributed by atoms with Gasteiger partial charge < -0.3 is 19.7 Å². The Hall–Kier alpha value is -3.42. The van der Waals surface area contributed by atoms with Crippen LogP contribution >= 0.6 is 0 Å². The first-order valence-corrected chi connectivity index (χ1v) is 7.40. The molecule has 0 aliphatic heterocycles. The Balaban J connectivity index is 3.36. The number of methoxy groups -OCH3 is 2. The molecule has 0 aliphatic carbocycles. The Kier molecular flexibility index (Phi) is 4.97. The molecule has 0 aliphatic rings. The molecular formula is C18H16O8. The van der Waals surface area contributed by atoms with Crippen molar-refractivity contribution in [3.63, 3.8) is 0 Å². The van der Waals surface area contributed by atoms with E-state index in [1.54, 1.807) is 26.0 Å². The summed E-state index contributed by atoms with van der Waals surface area (Å²) in [5.74, 6) is -5.37. The fourth-order valence-electron chi connectivity index (χ4n) is 3.00. The van der Waals surface area contributed by atoms with Crippen LogP contribution in [0.25, 0.3) is 10.8 Å². The molecule has 2 aromatic carbocycles. The molecule has 0 radical (unpaired) electrons. The molecule has 136 valence electrons. The van der Waals surface area contributed by atoms with Gasteiger partial charge in [-0.15, -0.1) is 0 Å². The third-order valence-corrected chi connectivity index (χ3v) is 4.08. The van der Waals surface area contributed by atoms with Gasteiger partial charge in [0.25, 0.3) is 0 Å². The number of fused-ring (bicyclic) bond motifs is 1. The van der Waals surface area contributed by atoms with Gasteiger partial charge in [-0.05, 0) is 25.0 Å². The van der Waals surface area contributed by atoms with E-state index in [4.69, 9.17) is 0 Å². The van der Waals surface area contributed by atoms with Gasteiger partial charge in [-0.3, -0.25) is 0 Å². The summed E-state index contributed by atoms with van der Waals surface area (Å²) in [6.07, 6.45) is 0. The number of benzene rings is 2. The van der Waals surface area contributed by atoms with Gasteiger partial charge in [0.05, 0.1) is 36.5 Å². The molecule has 8 nitrogen and oxygen atoms in total. The Morgan fingerprint density at radius 2 is 1.00 bits per heavy atom. The van der Waals surface area contributed by atoms with E-state index < -0.39 is 46.1 Å². The zero-order valence-corrected chi connectivity index (χ0v) is 14.5. The number of rotatable bonds is 4. The summed E-state index contributed by atoms with van der Waals surface area (Å²) in [6.45, 7) is 3.22. The first-order chi connectivity index (χ1) is 12.2. The molecule has 0 unspecified atom stereocenters. The van der Waals surface area contributed by atoms with Crippen LogP contribution in [-0.2, 0) is 9.47 Å². The van der Waals surface area contributed by atoms with Crippen molar-refractivity contribution in [2.75, 3.05) is 14.2 Å². The maximum absolute atomic E-state index is 12.3. The van der Waals surface area contributed by atoms with Crippen molar-refractivity contribution in [3.8, 4) is 0 Å². The highest BCUT2D eigenvalue weighted by atomic mass is 16.5. The van der Waals surface area contributed by atoms with Crippen LogP contribution in [0, 0.1) is 13.8 Å². The van der Waals surface area contributed by atoms with Gasteiger partial charge in [0, 0.05) is 10.8 Å². The molecule has 0 amide bonds. The number of aromatic carboxylic acids is 2. The first-order valence-electron chi connectivity index (χ1n) is 7.40. The summed E-state index contributed by atoms with van der Waals surface area (Å²) < 4.78 is 9.36. The van der Waals surface area contributed by atoms with E-state index in [-0.39, 0.29) is 10.8 Å². The van der Waals surface area contributed by atoms with Crippen molar-refractivity contribution >= 4 is 34.6 Å². The maximum atomic E-state index is 12.3. The number of carboxylic acids is 2. The summed E-state index contributed by atoms with van der Waals surface area (Å²) in [4.78, 5) is 48.4. The number of hydrogen-bond acceptors (Lipinski definition) is 6. The second-order valence-corrected chi connectivity index (χ2v) is 5.54. The minimum Gasteiger partial charge on any atom is -0.478 e. The van der Waals surface area contributed by atoms with E-state index in [1.807, 2.05) is 0 Å². The Morgan fingerprint density at radius 1 is 0.692 bits per heavy atom. The molecule has 0 saturated carbocycles.